The summed E-state index contributed by atoms with van der Waals surface area (Å²) in [6, 6.07) is 15.4. The van der Waals surface area contributed by atoms with Gasteiger partial charge in [-0.3, -0.25) is 29.0 Å². The van der Waals surface area contributed by atoms with Gasteiger partial charge in [0.05, 0.1) is 25.9 Å². The van der Waals surface area contributed by atoms with Crippen molar-refractivity contribution in [1.82, 2.24) is 26.0 Å². The van der Waals surface area contributed by atoms with Crippen molar-refractivity contribution >= 4 is 29.4 Å². The molecule has 2 aliphatic rings. The van der Waals surface area contributed by atoms with E-state index in [2.05, 4.69) is 16.0 Å². The summed E-state index contributed by atoms with van der Waals surface area (Å²) in [6.45, 7) is 13.1. The van der Waals surface area contributed by atoms with Crippen molar-refractivity contribution in [2.75, 3.05) is 32.9 Å². The maximum Gasteiger partial charge on any atom is 0.245 e. The molecule has 3 N–H and O–H groups in total. The van der Waals surface area contributed by atoms with Crippen molar-refractivity contribution in [3.05, 3.63) is 71.8 Å². The number of amides is 4. The van der Waals surface area contributed by atoms with E-state index in [1.54, 1.807) is 6.92 Å². The second kappa shape index (κ2) is 19.1. The predicted octanol–water partition coefficient (Wildman–Crippen LogP) is 3.23. The fourth-order valence-electron chi connectivity index (χ4n) is 6.59. The summed E-state index contributed by atoms with van der Waals surface area (Å²) < 4.78 is 10.9. The molecule has 0 aromatic heterocycles. The Bertz CT molecular complexity index is 1490. The molecule has 2 heterocycles. The maximum absolute atomic E-state index is 14.3. The highest BCUT2D eigenvalue weighted by molar-refractivity contribution is 5.98. The third-order valence-electron chi connectivity index (χ3n) is 9.46. The minimum Gasteiger partial charge on any atom is -0.379 e. The number of rotatable bonds is 19. The van der Waals surface area contributed by atoms with Crippen LogP contribution in [0.2, 0.25) is 0 Å². The lowest BCUT2D eigenvalue weighted by Crippen LogP contribution is -2.62. The van der Waals surface area contributed by atoms with Crippen LogP contribution in [0.25, 0.3) is 0 Å². The number of benzene rings is 2. The molecule has 4 amide bonds. The smallest absolute Gasteiger partial charge is 0.245 e. The van der Waals surface area contributed by atoms with Crippen LogP contribution >= 0.6 is 0 Å². The fourth-order valence-corrected chi connectivity index (χ4v) is 6.59. The lowest BCUT2D eigenvalue weighted by Gasteiger charge is -2.41. The van der Waals surface area contributed by atoms with Gasteiger partial charge < -0.3 is 25.4 Å². The molecule has 0 radical (unpaired) electrons. The number of nitrogens with zero attached hydrogens (tertiary/aromatic N) is 2. The second-order valence-corrected chi connectivity index (χ2v) is 15.0. The number of epoxide rings is 1. The Labute approximate surface area is 308 Å². The first-order valence-corrected chi connectivity index (χ1v) is 18.6. The largest absolute Gasteiger partial charge is 0.379 e. The van der Waals surface area contributed by atoms with Crippen molar-refractivity contribution in [3.8, 4) is 0 Å². The van der Waals surface area contributed by atoms with E-state index >= 15 is 0 Å². The van der Waals surface area contributed by atoms with E-state index in [1.165, 1.54) is 11.9 Å². The third kappa shape index (κ3) is 12.0. The Morgan fingerprint density at radius 1 is 0.750 bits per heavy atom. The summed E-state index contributed by atoms with van der Waals surface area (Å²) in [5, 5.41) is 12.2. The lowest BCUT2D eigenvalue weighted by atomic mass is 9.93. The zero-order valence-corrected chi connectivity index (χ0v) is 31.6. The Kier molecular flexibility index (Phi) is 14.9. The predicted molar refractivity (Wildman–Crippen MR) is 198 cm³/mol. The number of Topliss-reactive ketones (excluding diaryl/α,β-unsaturated/α-hetero) is 1. The first-order valence-electron chi connectivity index (χ1n) is 18.6. The molecular formula is C40H57N5O7. The van der Waals surface area contributed by atoms with E-state index in [0.29, 0.717) is 58.6 Å². The molecule has 2 fully saturated rings. The summed E-state index contributed by atoms with van der Waals surface area (Å²) in [5.41, 5.74) is 0.915. The van der Waals surface area contributed by atoms with E-state index in [0.717, 1.165) is 11.1 Å². The molecule has 52 heavy (non-hydrogen) atoms. The highest BCUT2D eigenvalue weighted by atomic mass is 16.6. The molecule has 0 aliphatic carbocycles. The van der Waals surface area contributed by atoms with Gasteiger partial charge in [-0.25, -0.2) is 5.01 Å². The number of hydrogen-bond acceptors (Lipinski definition) is 8. The van der Waals surface area contributed by atoms with Crippen LogP contribution in [-0.2, 0) is 46.3 Å². The Balaban J connectivity index is 1.58. The van der Waals surface area contributed by atoms with Gasteiger partial charge in [0, 0.05) is 26.4 Å². The van der Waals surface area contributed by atoms with Gasteiger partial charge in [0.1, 0.15) is 23.7 Å². The summed E-state index contributed by atoms with van der Waals surface area (Å²) in [4.78, 5) is 69.0. The number of carbonyl (C=O) groups is 5. The quantitative estimate of drug-likeness (QED) is 0.188. The van der Waals surface area contributed by atoms with E-state index < -0.39 is 47.5 Å². The van der Waals surface area contributed by atoms with Crippen molar-refractivity contribution in [2.45, 2.75) is 103 Å². The summed E-state index contributed by atoms with van der Waals surface area (Å²) in [5.74, 6) is -1.82. The van der Waals surface area contributed by atoms with Gasteiger partial charge in [-0.2, -0.15) is 0 Å². The molecule has 0 spiro atoms. The topological polar surface area (TPSA) is 150 Å². The summed E-state index contributed by atoms with van der Waals surface area (Å²) >= 11 is 0. The Morgan fingerprint density at radius 2 is 1.25 bits per heavy atom. The first kappa shape index (κ1) is 40.6. The monoisotopic (exact) mass is 719 g/mol. The van der Waals surface area contributed by atoms with Crippen LogP contribution in [0.1, 0.15) is 71.9 Å². The summed E-state index contributed by atoms with van der Waals surface area (Å²) in [6.07, 6.45) is 1.75. The average Bonchev–Trinajstić information content (AvgIpc) is 3.87. The number of nitrogens with one attached hydrogen (secondary N) is 3. The van der Waals surface area contributed by atoms with Gasteiger partial charge in [0.25, 0.3) is 0 Å². The average molecular weight is 720 g/mol. The minimum atomic E-state index is -1.03. The van der Waals surface area contributed by atoms with E-state index in [-0.39, 0.29) is 29.9 Å². The van der Waals surface area contributed by atoms with Crippen LogP contribution in [0, 0.1) is 11.8 Å². The van der Waals surface area contributed by atoms with E-state index in [9.17, 15) is 24.0 Å². The van der Waals surface area contributed by atoms with Gasteiger partial charge in [-0.05, 0) is 55.6 Å². The van der Waals surface area contributed by atoms with Crippen molar-refractivity contribution < 1.29 is 33.4 Å². The molecule has 2 aromatic rings. The molecule has 4 rings (SSSR count). The van der Waals surface area contributed by atoms with Crippen LogP contribution in [0.15, 0.2) is 60.7 Å². The lowest BCUT2D eigenvalue weighted by molar-refractivity contribution is -0.168. The molecule has 12 nitrogen and oxygen atoms in total. The molecule has 284 valence electrons. The van der Waals surface area contributed by atoms with Crippen LogP contribution < -0.4 is 16.0 Å². The van der Waals surface area contributed by atoms with E-state index in [1.807, 2.05) is 93.4 Å². The zero-order chi connectivity index (χ0) is 37.8. The van der Waals surface area contributed by atoms with Crippen molar-refractivity contribution in [1.29, 1.82) is 0 Å². The number of carbonyl (C=O) groups excluding carboxylic acids is 5. The molecule has 2 aromatic carbocycles. The number of ether oxygens (including phenoxy) is 2. The molecule has 2 saturated heterocycles. The standard InChI is InChI=1S/C40H57N5O7/c1-27(2)23-32(36(47)40(6)26-52-40)41-38(49)34(25-31-15-11-8-12-16-31)42-37(48)33(24-28(3)4)43-39(50)35(18-17-30-13-9-7-10-14-30)45(29(5)46)44-19-21-51-22-20-44/h7-16,27-28,32-35H,17-26H2,1-6H3,(H,41,49)(H,42,48)(H,43,50)/t32-,33-,34-,35-,40+/m0/s1. The fraction of sp³-hybridized carbons (Fsp3) is 0.575. The minimum absolute atomic E-state index is 0.00991. The van der Waals surface area contributed by atoms with E-state index in [4.69, 9.17) is 9.47 Å². The first-order chi connectivity index (χ1) is 24.8. The SMILES string of the molecule is CC(=O)N([C@@H](CCc1ccccc1)C(=O)N[C@@H](CC(C)C)C(=O)N[C@@H](Cc1ccccc1)C(=O)N[C@@H](CC(C)C)C(=O)[C@@]1(C)CO1)N1CCOCC1. The molecular weight excluding hydrogens is 662 g/mol. The highest BCUT2D eigenvalue weighted by Gasteiger charge is 2.50. The molecule has 2 aliphatic heterocycles. The second-order valence-electron chi connectivity index (χ2n) is 15.0. The number of hydrogen-bond donors (Lipinski definition) is 3. The Morgan fingerprint density at radius 3 is 1.79 bits per heavy atom. The van der Waals surface area contributed by atoms with Crippen LogP contribution in [0.5, 0.6) is 0 Å². The zero-order valence-electron chi connectivity index (χ0n) is 31.6. The normalized spacial score (nSPS) is 19.6. The van der Waals surface area contributed by atoms with Crippen LogP contribution in [-0.4, -0.2) is 102 Å². The van der Waals surface area contributed by atoms with Gasteiger partial charge >= 0.3 is 0 Å². The van der Waals surface area contributed by atoms with Crippen LogP contribution in [0.3, 0.4) is 0 Å². The number of ketones is 1. The molecule has 5 atom stereocenters. The summed E-state index contributed by atoms with van der Waals surface area (Å²) in [7, 11) is 0. The molecule has 0 saturated carbocycles. The van der Waals surface area contributed by atoms with Gasteiger partial charge in [-0.1, -0.05) is 88.4 Å². The third-order valence-corrected chi connectivity index (χ3v) is 9.46. The van der Waals surface area contributed by atoms with Gasteiger partial charge in [-0.15, -0.1) is 0 Å². The Hall–Kier alpha value is -4.13. The van der Waals surface area contributed by atoms with Crippen molar-refractivity contribution in [3.63, 3.8) is 0 Å². The molecule has 0 unspecified atom stereocenters. The van der Waals surface area contributed by atoms with Gasteiger partial charge in [0.2, 0.25) is 23.6 Å². The maximum atomic E-state index is 14.3. The van der Waals surface area contributed by atoms with Gasteiger partial charge in [0.15, 0.2) is 5.78 Å². The number of aryl methyl sites for hydroxylation is 1. The molecule has 0 bridgehead atoms. The molecule has 12 heteroatoms. The van der Waals surface area contributed by atoms with Crippen LogP contribution in [0.4, 0.5) is 0 Å². The highest BCUT2D eigenvalue weighted by Crippen LogP contribution is 2.30. The number of morpholine rings is 1. The van der Waals surface area contributed by atoms with Crippen molar-refractivity contribution in [2.24, 2.45) is 11.8 Å². The number of hydrazine groups is 1.